The number of rotatable bonds is 8. The minimum Gasteiger partial charge on any atom is -0.497 e. The van der Waals surface area contributed by atoms with Gasteiger partial charge in [0.2, 0.25) is 5.91 Å². The fourth-order valence-corrected chi connectivity index (χ4v) is 3.98. The highest BCUT2D eigenvalue weighted by Gasteiger charge is 2.35. The lowest BCUT2D eigenvalue weighted by Crippen LogP contribution is -2.41. The summed E-state index contributed by atoms with van der Waals surface area (Å²) < 4.78 is 5.23. The molecule has 0 aromatic heterocycles. The molecule has 0 spiro atoms. The average Bonchev–Trinajstić information content (AvgIpc) is 3.54. The van der Waals surface area contributed by atoms with E-state index in [0.717, 1.165) is 22.8 Å². The van der Waals surface area contributed by atoms with Crippen molar-refractivity contribution in [2.24, 2.45) is 5.92 Å². The molecule has 0 heterocycles. The summed E-state index contributed by atoms with van der Waals surface area (Å²) in [6.45, 7) is 2.14. The molecule has 1 aliphatic carbocycles. The molecule has 1 unspecified atom stereocenters. The first-order valence-corrected chi connectivity index (χ1v) is 10.3. The molecule has 2 aromatic rings. The third-order valence-electron chi connectivity index (χ3n) is 4.91. The molecule has 0 saturated heterocycles. The van der Waals surface area contributed by atoms with Crippen LogP contribution < -0.4 is 9.64 Å². The second-order valence-electron chi connectivity index (χ2n) is 6.84. The lowest BCUT2D eigenvalue weighted by atomic mass is 10.1. The normalized spacial score (nSPS) is 14.3. The Bertz CT molecular complexity index is 808. The van der Waals surface area contributed by atoms with Crippen molar-refractivity contribution in [3.8, 4) is 11.8 Å². The van der Waals surface area contributed by atoms with Crippen molar-refractivity contribution in [2.75, 3.05) is 17.8 Å². The Morgan fingerprint density at radius 1 is 1.22 bits per heavy atom. The average molecular weight is 381 g/mol. The van der Waals surface area contributed by atoms with E-state index in [-0.39, 0.29) is 11.9 Å². The van der Waals surface area contributed by atoms with Crippen molar-refractivity contribution < 1.29 is 9.53 Å². The second-order valence-corrected chi connectivity index (χ2v) is 7.83. The Balaban J connectivity index is 1.64. The Kier molecular flexibility index (Phi) is 6.41. The molecule has 27 heavy (non-hydrogen) atoms. The molecule has 0 radical (unpaired) electrons. The molecule has 0 N–H and O–H groups in total. The molecule has 0 aliphatic heterocycles. The van der Waals surface area contributed by atoms with Crippen LogP contribution in [0.15, 0.2) is 48.5 Å². The van der Waals surface area contributed by atoms with E-state index in [1.807, 2.05) is 53.4 Å². The zero-order chi connectivity index (χ0) is 19.2. The van der Waals surface area contributed by atoms with Crippen LogP contribution in [-0.4, -0.2) is 24.8 Å². The van der Waals surface area contributed by atoms with Crippen LogP contribution >= 0.6 is 11.8 Å². The van der Waals surface area contributed by atoms with Gasteiger partial charge in [-0.2, -0.15) is 5.26 Å². The molecule has 2 aromatic carbocycles. The minimum atomic E-state index is 0.137. The van der Waals surface area contributed by atoms with Crippen LogP contribution in [-0.2, 0) is 10.5 Å². The van der Waals surface area contributed by atoms with Crippen molar-refractivity contribution in [3.05, 3.63) is 59.7 Å². The van der Waals surface area contributed by atoms with Gasteiger partial charge in [0.1, 0.15) is 5.75 Å². The van der Waals surface area contributed by atoms with Crippen LogP contribution in [0.3, 0.4) is 0 Å². The Morgan fingerprint density at radius 3 is 2.44 bits per heavy atom. The number of hydrogen-bond donors (Lipinski definition) is 0. The van der Waals surface area contributed by atoms with Gasteiger partial charge in [-0.05, 0) is 67.6 Å². The molecule has 4 nitrogen and oxygen atoms in total. The summed E-state index contributed by atoms with van der Waals surface area (Å²) in [5.41, 5.74) is 2.71. The van der Waals surface area contributed by atoms with Crippen molar-refractivity contribution in [1.29, 1.82) is 5.26 Å². The van der Waals surface area contributed by atoms with Gasteiger partial charge in [-0.3, -0.25) is 4.79 Å². The molecular formula is C22H24N2O2S. The number of anilines is 1. The van der Waals surface area contributed by atoms with Crippen LogP contribution in [0.5, 0.6) is 5.75 Å². The number of thioether (sulfide) groups is 1. The van der Waals surface area contributed by atoms with E-state index in [1.54, 1.807) is 18.9 Å². The van der Waals surface area contributed by atoms with Gasteiger partial charge in [0.25, 0.3) is 0 Å². The number of benzene rings is 2. The number of carbonyl (C=O) groups excluding carboxylic acids is 1. The zero-order valence-corrected chi connectivity index (χ0v) is 16.5. The van der Waals surface area contributed by atoms with Gasteiger partial charge in [0, 0.05) is 17.5 Å². The highest BCUT2D eigenvalue weighted by Crippen LogP contribution is 2.37. The molecule has 1 saturated carbocycles. The maximum atomic E-state index is 13.0. The highest BCUT2D eigenvalue weighted by molar-refractivity contribution is 7.99. The molecule has 1 amide bonds. The highest BCUT2D eigenvalue weighted by atomic mass is 32.2. The van der Waals surface area contributed by atoms with Crippen molar-refractivity contribution >= 4 is 23.4 Å². The van der Waals surface area contributed by atoms with Crippen molar-refractivity contribution in [3.63, 3.8) is 0 Å². The summed E-state index contributed by atoms with van der Waals surface area (Å²) in [4.78, 5) is 14.9. The number of methoxy groups -OCH3 is 1. The number of nitriles is 1. The van der Waals surface area contributed by atoms with Crippen LogP contribution in [0, 0.1) is 17.2 Å². The maximum absolute atomic E-state index is 13.0. The molecule has 1 fully saturated rings. The van der Waals surface area contributed by atoms with Crippen molar-refractivity contribution in [1.82, 2.24) is 0 Å². The Morgan fingerprint density at radius 2 is 1.89 bits per heavy atom. The number of hydrogen-bond acceptors (Lipinski definition) is 4. The van der Waals surface area contributed by atoms with E-state index in [4.69, 9.17) is 10.00 Å². The molecule has 140 valence electrons. The van der Waals surface area contributed by atoms with E-state index in [2.05, 4.69) is 13.0 Å². The first kappa shape index (κ1) is 19.3. The van der Waals surface area contributed by atoms with Gasteiger partial charge < -0.3 is 9.64 Å². The van der Waals surface area contributed by atoms with Crippen LogP contribution in [0.4, 0.5) is 5.69 Å². The summed E-state index contributed by atoms with van der Waals surface area (Å²) in [5.74, 6) is 2.72. The lowest BCUT2D eigenvalue weighted by molar-refractivity contribution is -0.116. The first-order valence-electron chi connectivity index (χ1n) is 9.15. The van der Waals surface area contributed by atoms with Crippen molar-refractivity contribution in [2.45, 2.75) is 31.6 Å². The predicted octanol–water partition coefficient (Wildman–Crippen LogP) is 4.63. The quantitative estimate of drug-likeness (QED) is 0.670. The standard InChI is InChI=1S/C22H24N2O2S/c1-16(19-7-8-19)24(20-9-11-21(26-2)12-10-20)22(25)15-27-14-18-5-3-17(13-23)4-6-18/h3-6,9-12,16,19H,7-8,14-15H2,1-2H3. The number of ether oxygens (including phenoxy) is 1. The SMILES string of the molecule is COc1ccc(N(C(=O)CSCc2ccc(C#N)cc2)C(C)C2CC2)cc1. The lowest BCUT2D eigenvalue weighted by Gasteiger charge is -2.29. The van der Waals surface area contributed by atoms with E-state index in [9.17, 15) is 4.79 Å². The second kappa shape index (κ2) is 8.96. The molecule has 5 heteroatoms. The van der Waals surface area contributed by atoms with E-state index in [0.29, 0.717) is 17.2 Å². The number of carbonyl (C=O) groups is 1. The smallest absolute Gasteiger partial charge is 0.237 e. The van der Waals surface area contributed by atoms with Crippen LogP contribution in [0.25, 0.3) is 0 Å². The molecule has 0 bridgehead atoms. The van der Waals surface area contributed by atoms with Gasteiger partial charge in [0.15, 0.2) is 0 Å². The summed E-state index contributed by atoms with van der Waals surface area (Å²) >= 11 is 1.61. The number of nitrogens with zero attached hydrogens (tertiary/aromatic N) is 2. The largest absolute Gasteiger partial charge is 0.497 e. The maximum Gasteiger partial charge on any atom is 0.237 e. The summed E-state index contributed by atoms with van der Waals surface area (Å²) in [5, 5.41) is 8.87. The summed E-state index contributed by atoms with van der Waals surface area (Å²) in [7, 11) is 1.64. The van der Waals surface area contributed by atoms with Crippen LogP contribution in [0.1, 0.15) is 30.9 Å². The minimum absolute atomic E-state index is 0.137. The van der Waals surface area contributed by atoms with Crippen LogP contribution in [0.2, 0.25) is 0 Å². The topological polar surface area (TPSA) is 53.3 Å². The summed E-state index contributed by atoms with van der Waals surface area (Å²) in [6.07, 6.45) is 2.39. The van der Waals surface area contributed by atoms with E-state index < -0.39 is 0 Å². The summed E-state index contributed by atoms with van der Waals surface area (Å²) in [6, 6.07) is 17.6. The Labute approximate surface area is 165 Å². The molecule has 1 aliphatic rings. The Hall–Kier alpha value is -2.45. The zero-order valence-electron chi connectivity index (χ0n) is 15.7. The monoisotopic (exact) mass is 380 g/mol. The van der Waals surface area contributed by atoms with Gasteiger partial charge in [-0.25, -0.2) is 0 Å². The van der Waals surface area contributed by atoms with E-state index in [1.165, 1.54) is 12.8 Å². The fraction of sp³-hybridized carbons (Fsp3) is 0.364. The molecular weight excluding hydrogens is 356 g/mol. The molecule has 1 atom stereocenters. The third-order valence-corrected chi connectivity index (χ3v) is 5.90. The van der Waals surface area contributed by atoms with Gasteiger partial charge in [-0.1, -0.05) is 12.1 Å². The predicted molar refractivity (Wildman–Crippen MR) is 110 cm³/mol. The first-order chi connectivity index (χ1) is 13.1. The molecule has 3 rings (SSSR count). The van der Waals surface area contributed by atoms with E-state index >= 15 is 0 Å². The van der Waals surface area contributed by atoms with Gasteiger partial charge >= 0.3 is 0 Å². The fourth-order valence-electron chi connectivity index (χ4n) is 3.14. The third kappa shape index (κ3) is 5.05. The van der Waals surface area contributed by atoms with Gasteiger partial charge in [-0.15, -0.1) is 11.8 Å². The number of amides is 1. The van der Waals surface area contributed by atoms with Gasteiger partial charge in [0.05, 0.1) is 24.5 Å².